The normalized spacial score (nSPS) is 16.0. The molecular weight excluding hydrogens is 324 g/mol. The van der Waals surface area contributed by atoms with Gasteiger partial charge in [-0.3, -0.25) is 14.4 Å². The Labute approximate surface area is 147 Å². The van der Waals surface area contributed by atoms with Gasteiger partial charge >= 0.3 is 0 Å². The van der Waals surface area contributed by atoms with E-state index in [4.69, 9.17) is 11.6 Å². The zero-order valence-corrected chi connectivity index (χ0v) is 14.5. The van der Waals surface area contributed by atoms with E-state index in [9.17, 15) is 4.79 Å². The summed E-state index contributed by atoms with van der Waals surface area (Å²) in [7, 11) is 1.92. The Kier molecular flexibility index (Phi) is 5.33. The average molecular weight is 345 g/mol. The lowest BCUT2D eigenvalue weighted by molar-refractivity contribution is -0.127. The quantitative estimate of drug-likeness (QED) is 0.800. The number of hydrogen-bond acceptors (Lipinski definition) is 3. The zero-order chi connectivity index (χ0) is 16.9. The van der Waals surface area contributed by atoms with Gasteiger partial charge in [-0.1, -0.05) is 29.8 Å². The van der Waals surface area contributed by atoms with Gasteiger partial charge in [-0.15, -0.1) is 0 Å². The molecule has 126 valence electrons. The van der Waals surface area contributed by atoms with Gasteiger partial charge in [-0.05, 0) is 17.7 Å². The number of piperazine rings is 1. The maximum absolute atomic E-state index is 12.3. The van der Waals surface area contributed by atoms with Crippen LogP contribution in [0.15, 0.2) is 42.7 Å². The fourth-order valence-corrected chi connectivity index (χ4v) is 3.01. The summed E-state index contributed by atoms with van der Waals surface area (Å²) in [6.45, 7) is 4.12. The summed E-state index contributed by atoms with van der Waals surface area (Å²) in [5.74, 6) is 0.0379. The Bertz CT molecular complexity index is 732. The highest BCUT2D eigenvalue weighted by Crippen LogP contribution is 2.16. The number of rotatable bonds is 4. The first-order chi connectivity index (χ1) is 11.6. The standard InChI is InChI=1S/C18H21ClN4O/c1-21-13-15(12-20-21)14-22-8-10-23(11-9-22)18(24)7-6-16-4-2-3-5-17(16)19/h2-7,12-13H,8-11,14H2,1H3/b7-6+. The van der Waals surface area contributed by atoms with Crippen LogP contribution in [-0.4, -0.2) is 51.7 Å². The number of aryl methyl sites for hydroxylation is 1. The molecule has 1 aromatic heterocycles. The first kappa shape index (κ1) is 16.7. The van der Waals surface area contributed by atoms with Gasteiger partial charge in [0.05, 0.1) is 6.20 Å². The third-order valence-electron chi connectivity index (χ3n) is 4.16. The summed E-state index contributed by atoms with van der Waals surface area (Å²) >= 11 is 6.10. The summed E-state index contributed by atoms with van der Waals surface area (Å²) < 4.78 is 1.81. The third kappa shape index (κ3) is 4.24. The molecule has 1 amide bonds. The minimum atomic E-state index is 0.0379. The number of carbonyl (C=O) groups excluding carboxylic acids is 1. The summed E-state index contributed by atoms with van der Waals surface area (Å²) in [6, 6.07) is 7.51. The van der Waals surface area contributed by atoms with Crippen LogP contribution in [0.3, 0.4) is 0 Å². The predicted molar refractivity (Wildman–Crippen MR) is 95.6 cm³/mol. The third-order valence-corrected chi connectivity index (χ3v) is 4.50. The van der Waals surface area contributed by atoms with E-state index < -0.39 is 0 Å². The first-order valence-corrected chi connectivity index (χ1v) is 8.41. The molecule has 5 nitrogen and oxygen atoms in total. The summed E-state index contributed by atoms with van der Waals surface area (Å²) in [6.07, 6.45) is 7.32. The number of benzene rings is 1. The topological polar surface area (TPSA) is 41.4 Å². The fraction of sp³-hybridized carbons (Fsp3) is 0.333. The zero-order valence-electron chi connectivity index (χ0n) is 13.7. The Morgan fingerprint density at radius 1 is 1.25 bits per heavy atom. The molecule has 0 aliphatic carbocycles. The molecular formula is C18H21ClN4O. The molecule has 1 aliphatic rings. The lowest BCUT2D eigenvalue weighted by atomic mass is 10.2. The maximum Gasteiger partial charge on any atom is 0.246 e. The van der Waals surface area contributed by atoms with Crippen molar-refractivity contribution in [3.8, 4) is 0 Å². The lowest BCUT2D eigenvalue weighted by Gasteiger charge is -2.34. The van der Waals surface area contributed by atoms with E-state index in [2.05, 4.69) is 10.00 Å². The van der Waals surface area contributed by atoms with E-state index in [1.807, 2.05) is 53.3 Å². The van der Waals surface area contributed by atoms with Crippen molar-refractivity contribution in [2.75, 3.05) is 26.2 Å². The molecule has 0 bridgehead atoms. The van der Waals surface area contributed by atoms with Crippen LogP contribution < -0.4 is 0 Å². The Balaban J connectivity index is 1.51. The molecule has 1 aromatic carbocycles. The molecule has 1 aliphatic heterocycles. The van der Waals surface area contributed by atoms with Gasteiger partial charge in [-0.2, -0.15) is 5.10 Å². The van der Waals surface area contributed by atoms with E-state index >= 15 is 0 Å². The monoisotopic (exact) mass is 344 g/mol. The second-order valence-corrected chi connectivity index (χ2v) is 6.39. The van der Waals surface area contributed by atoms with Gasteiger partial charge < -0.3 is 4.90 Å². The number of carbonyl (C=O) groups is 1. The molecule has 6 heteroatoms. The summed E-state index contributed by atoms with van der Waals surface area (Å²) in [4.78, 5) is 16.5. The average Bonchev–Trinajstić information content (AvgIpc) is 2.99. The SMILES string of the molecule is Cn1cc(CN2CCN(C(=O)/C=C/c3ccccc3Cl)CC2)cn1. The van der Waals surface area contributed by atoms with Gasteiger partial charge in [0.1, 0.15) is 0 Å². The molecule has 1 saturated heterocycles. The van der Waals surface area contributed by atoms with Gasteiger partial charge in [-0.25, -0.2) is 0 Å². The summed E-state index contributed by atoms with van der Waals surface area (Å²) in [5.41, 5.74) is 2.07. The van der Waals surface area contributed by atoms with Gasteiger partial charge in [0.25, 0.3) is 0 Å². The highest BCUT2D eigenvalue weighted by atomic mass is 35.5. The smallest absolute Gasteiger partial charge is 0.246 e. The first-order valence-electron chi connectivity index (χ1n) is 8.03. The van der Waals surface area contributed by atoms with Crippen LogP contribution in [0.4, 0.5) is 0 Å². The second kappa shape index (κ2) is 7.64. The van der Waals surface area contributed by atoms with E-state index in [0.29, 0.717) is 5.02 Å². The summed E-state index contributed by atoms with van der Waals surface area (Å²) in [5, 5.41) is 4.85. The molecule has 0 radical (unpaired) electrons. The van der Waals surface area contributed by atoms with Crippen LogP contribution in [0.1, 0.15) is 11.1 Å². The molecule has 1 fully saturated rings. The van der Waals surface area contributed by atoms with Crippen molar-refractivity contribution in [3.63, 3.8) is 0 Å². The number of aromatic nitrogens is 2. The van der Waals surface area contributed by atoms with Crippen LogP contribution in [0.2, 0.25) is 5.02 Å². The van der Waals surface area contributed by atoms with Crippen LogP contribution in [0.5, 0.6) is 0 Å². The van der Waals surface area contributed by atoms with Crippen LogP contribution in [0.25, 0.3) is 6.08 Å². The number of amides is 1. The van der Waals surface area contributed by atoms with Gasteiger partial charge in [0.15, 0.2) is 0 Å². The van der Waals surface area contributed by atoms with Gasteiger partial charge in [0, 0.05) is 62.6 Å². The van der Waals surface area contributed by atoms with E-state index in [1.54, 1.807) is 12.2 Å². The molecule has 0 spiro atoms. The minimum Gasteiger partial charge on any atom is -0.337 e. The van der Waals surface area contributed by atoms with Crippen LogP contribution in [-0.2, 0) is 18.4 Å². The van der Waals surface area contributed by atoms with E-state index in [0.717, 1.165) is 38.3 Å². The van der Waals surface area contributed by atoms with Crippen molar-refractivity contribution < 1.29 is 4.79 Å². The van der Waals surface area contributed by atoms with Crippen molar-refractivity contribution in [3.05, 3.63) is 58.9 Å². The molecule has 0 N–H and O–H groups in total. The Hall–Kier alpha value is -2.11. The van der Waals surface area contributed by atoms with Crippen LogP contribution in [0, 0.1) is 0 Å². The Morgan fingerprint density at radius 2 is 2.00 bits per heavy atom. The van der Waals surface area contributed by atoms with Crippen molar-refractivity contribution >= 4 is 23.6 Å². The lowest BCUT2D eigenvalue weighted by Crippen LogP contribution is -2.47. The highest BCUT2D eigenvalue weighted by molar-refractivity contribution is 6.32. The molecule has 3 rings (SSSR count). The van der Waals surface area contributed by atoms with E-state index in [-0.39, 0.29) is 5.91 Å². The number of nitrogens with zero attached hydrogens (tertiary/aromatic N) is 4. The van der Waals surface area contributed by atoms with Crippen LogP contribution >= 0.6 is 11.6 Å². The van der Waals surface area contributed by atoms with Crippen molar-refractivity contribution in [2.24, 2.45) is 7.05 Å². The molecule has 2 heterocycles. The predicted octanol–water partition coefficient (Wildman–Crippen LogP) is 2.43. The van der Waals surface area contributed by atoms with E-state index in [1.165, 1.54) is 5.56 Å². The van der Waals surface area contributed by atoms with Crippen molar-refractivity contribution in [2.45, 2.75) is 6.54 Å². The molecule has 24 heavy (non-hydrogen) atoms. The maximum atomic E-state index is 12.3. The largest absolute Gasteiger partial charge is 0.337 e. The molecule has 2 aromatic rings. The fourth-order valence-electron chi connectivity index (χ4n) is 2.81. The molecule has 0 unspecified atom stereocenters. The van der Waals surface area contributed by atoms with Gasteiger partial charge in [0.2, 0.25) is 5.91 Å². The second-order valence-electron chi connectivity index (χ2n) is 5.98. The minimum absolute atomic E-state index is 0.0379. The number of halogens is 1. The van der Waals surface area contributed by atoms with Crippen molar-refractivity contribution in [1.82, 2.24) is 19.6 Å². The molecule has 0 saturated carbocycles. The molecule has 0 atom stereocenters. The number of hydrogen-bond donors (Lipinski definition) is 0. The highest BCUT2D eigenvalue weighted by Gasteiger charge is 2.19. The Morgan fingerprint density at radius 3 is 2.67 bits per heavy atom. The van der Waals surface area contributed by atoms with Crippen molar-refractivity contribution in [1.29, 1.82) is 0 Å².